The van der Waals surface area contributed by atoms with E-state index >= 15 is 0 Å². The SMILES string of the molecule is Cc1cc(O)ccc1NCC1CCCNC1. The first-order valence-corrected chi connectivity index (χ1v) is 6.00. The van der Waals surface area contributed by atoms with Gasteiger partial charge >= 0.3 is 0 Å². The van der Waals surface area contributed by atoms with Crippen LogP contribution in [0.4, 0.5) is 5.69 Å². The van der Waals surface area contributed by atoms with Gasteiger partial charge in [0.05, 0.1) is 0 Å². The average Bonchev–Trinajstić information content (AvgIpc) is 2.29. The van der Waals surface area contributed by atoms with E-state index in [1.807, 2.05) is 13.0 Å². The van der Waals surface area contributed by atoms with E-state index < -0.39 is 0 Å². The van der Waals surface area contributed by atoms with Crippen LogP contribution in [-0.4, -0.2) is 24.7 Å². The minimum Gasteiger partial charge on any atom is -0.508 e. The summed E-state index contributed by atoms with van der Waals surface area (Å²) in [7, 11) is 0. The number of piperidine rings is 1. The maximum absolute atomic E-state index is 9.32. The van der Waals surface area contributed by atoms with Crippen molar-refractivity contribution < 1.29 is 5.11 Å². The average molecular weight is 220 g/mol. The summed E-state index contributed by atoms with van der Waals surface area (Å²) in [6, 6.07) is 5.47. The maximum atomic E-state index is 9.32. The first kappa shape index (κ1) is 11.3. The van der Waals surface area contributed by atoms with Crippen molar-refractivity contribution in [2.45, 2.75) is 19.8 Å². The first-order chi connectivity index (χ1) is 7.75. The summed E-state index contributed by atoms with van der Waals surface area (Å²) in [4.78, 5) is 0. The monoisotopic (exact) mass is 220 g/mol. The molecule has 0 saturated carbocycles. The Morgan fingerprint density at radius 2 is 2.38 bits per heavy atom. The van der Waals surface area contributed by atoms with Crippen LogP contribution in [0.3, 0.4) is 0 Å². The molecule has 1 unspecified atom stereocenters. The van der Waals surface area contributed by atoms with Crippen LogP contribution in [-0.2, 0) is 0 Å². The topological polar surface area (TPSA) is 44.3 Å². The molecule has 3 heteroatoms. The summed E-state index contributed by atoms with van der Waals surface area (Å²) in [5, 5.41) is 16.2. The smallest absolute Gasteiger partial charge is 0.115 e. The predicted molar refractivity (Wildman–Crippen MR) is 66.9 cm³/mol. The fraction of sp³-hybridized carbons (Fsp3) is 0.538. The van der Waals surface area contributed by atoms with Crippen LogP contribution < -0.4 is 10.6 Å². The van der Waals surface area contributed by atoms with Crippen LogP contribution in [0.1, 0.15) is 18.4 Å². The van der Waals surface area contributed by atoms with Gasteiger partial charge in [-0.1, -0.05) is 0 Å². The third kappa shape index (κ3) is 2.89. The van der Waals surface area contributed by atoms with E-state index in [9.17, 15) is 5.11 Å². The van der Waals surface area contributed by atoms with Gasteiger partial charge in [-0.25, -0.2) is 0 Å². The van der Waals surface area contributed by atoms with Gasteiger partial charge in [-0.05, 0) is 62.5 Å². The zero-order chi connectivity index (χ0) is 11.4. The van der Waals surface area contributed by atoms with Gasteiger partial charge in [0.15, 0.2) is 0 Å². The molecule has 3 nitrogen and oxygen atoms in total. The van der Waals surface area contributed by atoms with Crippen molar-refractivity contribution in [2.24, 2.45) is 5.92 Å². The van der Waals surface area contributed by atoms with Gasteiger partial charge in [0.2, 0.25) is 0 Å². The number of rotatable bonds is 3. The Labute approximate surface area is 96.9 Å². The molecule has 0 radical (unpaired) electrons. The van der Waals surface area contributed by atoms with Gasteiger partial charge in [-0.15, -0.1) is 0 Å². The Hall–Kier alpha value is -1.22. The van der Waals surface area contributed by atoms with Gasteiger partial charge < -0.3 is 15.7 Å². The third-order valence-corrected chi connectivity index (χ3v) is 3.19. The maximum Gasteiger partial charge on any atom is 0.115 e. The highest BCUT2D eigenvalue weighted by Gasteiger charge is 2.12. The van der Waals surface area contributed by atoms with Crippen LogP contribution in [0.25, 0.3) is 0 Å². The van der Waals surface area contributed by atoms with Gasteiger partial charge in [0.25, 0.3) is 0 Å². The van der Waals surface area contributed by atoms with Crippen molar-refractivity contribution in [1.29, 1.82) is 0 Å². The Bertz CT molecular complexity index is 346. The van der Waals surface area contributed by atoms with E-state index in [2.05, 4.69) is 10.6 Å². The lowest BCUT2D eigenvalue weighted by Gasteiger charge is -2.23. The number of anilines is 1. The van der Waals surface area contributed by atoms with Crippen LogP contribution in [0.5, 0.6) is 5.75 Å². The predicted octanol–water partition coefficient (Wildman–Crippen LogP) is 2.11. The fourth-order valence-corrected chi connectivity index (χ4v) is 2.20. The summed E-state index contributed by atoms with van der Waals surface area (Å²) in [5.74, 6) is 1.06. The Morgan fingerprint density at radius 1 is 1.50 bits per heavy atom. The lowest BCUT2D eigenvalue weighted by atomic mass is 9.99. The van der Waals surface area contributed by atoms with Gasteiger partial charge in [0.1, 0.15) is 5.75 Å². The lowest BCUT2D eigenvalue weighted by molar-refractivity contribution is 0.393. The number of benzene rings is 1. The molecule has 3 N–H and O–H groups in total. The van der Waals surface area contributed by atoms with Crippen LogP contribution in [0.2, 0.25) is 0 Å². The standard InChI is InChI=1S/C13H20N2O/c1-10-7-12(16)4-5-13(10)15-9-11-3-2-6-14-8-11/h4-5,7,11,14-16H,2-3,6,8-9H2,1H3. The molecule has 0 aliphatic carbocycles. The van der Waals surface area contributed by atoms with Crippen molar-refractivity contribution in [3.05, 3.63) is 23.8 Å². The molecule has 1 saturated heterocycles. The third-order valence-electron chi connectivity index (χ3n) is 3.19. The van der Waals surface area contributed by atoms with Crippen molar-refractivity contribution in [1.82, 2.24) is 5.32 Å². The quantitative estimate of drug-likeness (QED) is 0.684. The summed E-state index contributed by atoms with van der Waals surface area (Å²) in [6.45, 7) is 5.30. The number of phenolic OH excluding ortho intramolecular Hbond substituents is 1. The van der Waals surface area contributed by atoms with Gasteiger partial charge in [-0.2, -0.15) is 0 Å². The van der Waals surface area contributed by atoms with E-state index in [4.69, 9.17) is 0 Å². The molecular weight excluding hydrogens is 200 g/mol. The van der Waals surface area contributed by atoms with Crippen LogP contribution >= 0.6 is 0 Å². The number of aryl methyl sites for hydroxylation is 1. The molecule has 1 aromatic rings. The highest BCUT2D eigenvalue weighted by atomic mass is 16.3. The van der Waals surface area contributed by atoms with Gasteiger partial charge in [0, 0.05) is 12.2 Å². The largest absolute Gasteiger partial charge is 0.508 e. The molecule has 1 aromatic carbocycles. The second-order valence-corrected chi connectivity index (χ2v) is 4.59. The number of nitrogens with one attached hydrogen (secondary N) is 2. The van der Waals surface area contributed by atoms with E-state index in [1.54, 1.807) is 12.1 Å². The number of phenols is 1. The lowest BCUT2D eigenvalue weighted by Crippen LogP contribution is -2.33. The van der Waals surface area contributed by atoms with E-state index in [0.29, 0.717) is 5.75 Å². The number of aromatic hydroxyl groups is 1. The number of hydrogen-bond acceptors (Lipinski definition) is 3. The van der Waals surface area contributed by atoms with Crippen LogP contribution in [0, 0.1) is 12.8 Å². The highest BCUT2D eigenvalue weighted by Crippen LogP contribution is 2.21. The first-order valence-electron chi connectivity index (χ1n) is 6.00. The fourth-order valence-electron chi connectivity index (χ4n) is 2.20. The molecule has 2 rings (SSSR count). The van der Waals surface area contributed by atoms with Crippen molar-refractivity contribution in [2.75, 3.05) is 25.0 Å². The Morgan fingerprint density at radius 3 is 3.06 bits per heavy atom. The molecule has 88 valence electrons. The zero-order valence-corrected chi connectivity index (χ0v) is 9.79. The highest BCUT2D eigenvalue weighted by molar-refractivity contribution is 5.53. The molecule has 1 fully saturated rings. The van der Waals surface area contributed by atoms with Crippen LogP contribution in [0.15, 0.2) is 18.2 Å². The molecule has 1 atom stereocenters. The van der Waals surface area contributed by atoms with E-state index in [1.165, 1.54) is 12.8 Å². The van der Waals surface area contributed by atoms with E-state index in [0.717, 1.165) is 36.8 Å². The molecule has 1 aliphatic rings. The molecule has 0 amide bonds. The minimum atomic E-state index is 0.336. The van der Waals surface area contributed by atoms with Crippen molar-refractivity contribution >= 4 is 5.69 Å². The molecule has 0 spiro atoms. The molecule has 16 heavy (non-hydrogen) atoms. The van der Waals surface area contributed by atoms with E-state index in [-0.39, 0.29) is 0 Å². The summed E-state index contributed by atoms with van der Waals surface area (Å²) < 4.78 is 0. The normalized spacial score (nSPS) is 20.7. The summed E-state index contributed by atoms with van der Waals surface area (Å²) in [6.07, 6.45) is 2.58. The second-order valence-electron chi connectivity index (χ2n) is 4.59. The second kappa shape index (κ2) is 5.21. The minimum absolute atomic E-state index is 0.336. The summed E-state index contributed by atoms with van der Waals surface area (Å²) >= 11 is 0. The molecule has 0 bridgehead atoms. The van der Waals surface area contributed by atoms with Gasteiger partial charge in [-0.3, -0.25) is 0 Å². The molecule has 0 aromatic heterocycles. The number of hydrogen-bond donors (Lipinski definition) is 3. The Kier molecular flexibility index (Phi) is 3.67. The molecule has 1 aliphatic heterocycles. The summed E-state index contributed by atoms with van der Waals surface area (Å²) in [5.41, 5.74) is 2.23. The molecule has 1 heterocycles. The van der Waals surface area contributed by atoms with Crippen molar-refractivity contribution in [3.63, 3.8) is 0 Å². The Balaban J connectivity index is 1.88. The zero-order valence-electron chi connectivity index (χ0n) is 9.79. The molecular formula is C13H20N2O. The van der Waals surface area contributed by atoms with Crippen molar-refractivity contribution in [3.8, 4) is 5.75 Å².